The van der Waals surface area contributed by atoms with E-state index in [-0.39, 0.29) is 0 Å². The van der Waals surface area contributed by atoms with Crippen molar-refractivity contribution < 1.29 is 0 Å². The molecular formula is C19H28N2. The molecule has 0 saturated carbocycles. The highest BCUT2D eigenvalue weighted by Crippen LogP contribution is 2.27. The summed E-state index contributed by atoms with van der Waals surface area (Å²) in [5.74, 6) is 0.631. The van der Waals surface area contributed by atoms with Gasteiger partial charge in [0, 0.05) is 30.2 Å². The lowest BCUT2D eigenvalue weighted by atomic mass is 10.1. The van der Waals surface area contributed by atoms with Crippen molar-refractivity contribution >= 4 is 16.5 Å². The molecular weight excluding hydrogens is 256 g/mol. The lowest BCUT2D eigenvalue weighted by Crippen LogP contribution is -2.35. The molecule has 21 heavy (non-hydrogen) atoms. The molecule has 0 aliphatic rings. The molecule has 0 aromatic heterocycles. The fourth-order valence-corrected chi connectivity index (χ4v) is 2.76. The van der Waals surface area contributed by atoms with E-state index in [1.54, 1.807) is 0 Å². The molecule has 2 rings (SSSR count). The SMILES string of the molecule is CCN(CC(C)CNC(C)C)c1cccc2ccccc12. The number of hydrogen-bond acceptors (Lipinski definition) is 2. The predicted octanol–water partition coefficient (Wildman–Crippen LogP) is 4.30. The molecule has 0 amide bonds. The summed E-state index contributed by atoms with van der Waals surface area (Å²) in [4.78, 5) is 2.50. The molecule has 0 saturated heterocycles. The largest absolute Gasteiger partial charge is 0.371 e. The lowest BCUT2D eigenvalue weighted by molar-refractivity contribution is 0.474. The van der Waals surface area contributed by atoms with Crippen LogP contribution in [0, 0.1) is 5.92 Å². The van der Waals surface area contributed by atoms with Gasteiger partial charge in [0.1, 0.15) is 0 Å². The highest BCUT2D eigenvalue weighted by molar-refractivity contribution is 5.94. The third kappa shape index (κ3) is 4.21. The average molecular weight is 284 g/mol. The van der Waals surface area contributed by atoms with E-state index in [1.165, 1.54) is 16.5 Å². The summed E-state index contributed by atoms with van der Waals surface area (Å²) in [6, 6.07) is 15.8. The van der Waals surface area contributed by atoms with Crippen molar-refractivity contribution in [2.45, 2.75) is 33.7 Å². The van der Waals surface area contributed by atoms with Gasteiger partial charge < -0.3 is 10.2 Å². The molecule has 114 valence electrons. The van der Waals surface area contributed by atoms with Crippen LogP contribution in [0.2, 0.25) is 0 Å². The molecule has 0 radical (unpaired) electrons. The normalized spacial score (nSPS) is 12.8. The van der Waals surface area contributed by atoms with Crippen LogP contribution in [-0.4, -0.2) is 25.7 Å². The Morgan fingerprint density at radius 2 is 1.71 bits per heavy atom. The lowest BCUT2D eigenvalue weighted by Gasteiger charge is -2.28. The van der Waals surface area contributed by atoms with E-state index in [9.17, 15) is 0 Å². The predicted molar refractivity (Wildman–Crippen MR) is 94.1 cm³/mol. The van der Waals surface area contributed by atoms with Gasteiger partial charge in [0.05, 0.1) is 0 Å². The van der Waals surface area contributed by atoms with Crippen LogP contribution in [0.15, 0.2) is 42.5 Å². The van der Waals surface area contributed by atoms with Crippen LogP contribution in [0.25, 0.3) is 10.8 Å². The molecule has 2 aromatic carbocycles. The molecule has 2 aromatic rings. The fourth-order valence-electron chi connectivity index (χ4n) is 2.76. The van der Waals surface area contributed by atoms with E-state index in [0.717, 1.165) is 19.6 Å². The molecule has 1 unspecified atom stereocenters. The number of rotatable bonds is 7. The van der Waals surface area contributed by atoms with E-state index in [0.29, 0.717) is 12.0 Å². The van der Waals surface area contributed by atoms with E-state index in [2.05, 4.69) is 80.4 Å². The second-order valence-corrected chi connectivity index (χ2v) is 6.21. The van der Waals surface area contributed by atoms with Crippen LogP contribution in [0.4, 0.5) is 5.69 Å². The maximum Gasteiger partial charge on any atom is 0.0445 e. The molecule has 1 atom stereocenters. The van der Waals surface area contributed by atoms with Crippen LogP contribution in [0.1, 0.15) is 27.7 Å². The van der Waals surface area contributed by atoms with Gasteiger partial charge in [-0.05, 0) is 30.8 Å². The highest BCUT2D eigenvalue weighted by atomic mass is 15.1. The van der Waals surface area contributed by atoms with E-state index >= 15 is 0 Å². The van der Waals surface area contributed by atoms with Gasteiger partial charge in [-0.15, -0.1) is 0 Å². The van der Waals surface area contributed by atoms with Crippen molar-refractivity contribution in [1.29, 1.82) is 0 Å². The van der Waals surface area contributed by atoms with Gasteiger partial charge in [-0.25, -0.2) is 0 Å². The average Bonchev–Trinajstić information content (AvgIpc) is 2.50. The quantitative estimate of drug-likeness (QED) is 0.815. The minimum absolute atomic E-state index is 0.556. The first-order chi connectivity index (χ1) is 10.1. The van der Waals surface area contributed by atoms with Gasteiger partial charge in [-0.1, -0.05) is 57.2 Å². The molecule has 0 heterocycles. The van der Waals surface area contributed by atoms with Crippen LogP contribution < -0.4 is 10.2 Å². The number of fused-ring (bicyclic) bond motifs is 1. The first-order valence-electron chi connectivity index (χ1n) is 8.08. The summed E-state index contributed by atoms with van der Waals surface area (Å²) in [5, 5.41) is 6.21. The Hall–Kier alpha value is -1.54. The van der Waals surface area contributed by atoms with Crippen molar-refractivity contribution in [2.24, 2.45) is 5.92 Å². The minimum atomic E-state index is 0.556. The zero-order chi connectivity index (χ0) is 15.2. The third-order valence-electron chi connectivity index (χ3n) is 3.90. The Kier molecular flexibility index (Phi) is 5.63. The highest BCUT2D eigenvalue weighted by Gasteiger charge is 2.12. The topological polar surface area (TPSA) is 15.3 Å². The number of benzene rings is 2. The number of nitrogens with one attached hydrogen (secondary N) is 1. The molecule has 2 nitrogen and oxygen atoms in total. The Labute approximate surface area is 129 Å². The van der Waals surface area contributed by atoms with Crippen molar-refractivity contribution in [3.05, 3.63) is 42.5 Å². The van der Waals surface area contributed by atoms with Gasteiger partial charge in [-0.3, -0.25) is 0 Å². The summed E-state index contributed by atoms with van der Waals surface area (Å²) in [6.07, 6.45) is 0. The van der Waals surface area contributed by atoms with E-state index in [1.807, 2.05) is 0 Å². The van der Waals surface area contributed by atoms with E-state index in [4.69, 9.17) is 0 Å². The van der Waals surface area contributed by atoms with Crippen molar-refractivity contribution in [3.63, 3.8) is 0 Å². The zero-order valence-corrected chi connectivity index (χ0v) is 13.8. The van der Waals surface area contributed by atoms with Crippen LogP contribution >= 0.6 is 0 Å². The van der Waals surface area contributed by atoms with E-state index < -0.39 is 0 Å². The van der Waals surface area contributed by atoms with Gasteiger partial charge in [-0.2, -0.15) is 0 Å². The molecule has 0 bridgehead atoms. The smallest absolute Gasteiger partial charge is 0.0445 e. The van der Waals surface area contributed by atoms with Gasteiger partial charge in [0.15, 0.2) is 0 Å². The maximum absolute atomic E-state index is 3.54. The van der Waals surface area contributed by atoms with Gasteiger partial charge in [0.2, 0.25) is 0 Å². The second kappa shape index (κ2) is 7.46. The summed E-state index contributed by atoms with van der Waals surface area (Å²) in [7, 11) is 0. The number of hydrogen-bond donors (Lipinski definition) is 1. The molecule has 1 N–H and O–H groups in total. The molecule has 0 aliphatic carbocycles. The Morgan fingerprint density at radius 1 is 1.00 bits per heavy atom. The van der Waals surface area contributed by atoms with Gasteiger partial charge >= 0.3 is 0 Å². The number of nitrogens with zero attached hydrogens (tertiary/aromatic N) is 1. The van der Waals surface area contributed by atoms with Crippen molar-refractivity contribution in [3.8, 4) is 0 Å². The Morgan fingerprint density at radius 3 is 2.43 bits per heavy atom. The summed E-state index contributed by atoms with van der Waals surface area (Å²) in [6.45, 7) is 12.2. The van der Waals surface area contributed by atoms with Crippen LogP contribution in [-0.2, 0) is 0 Å². The standard InChI is InChI=1S/C19H28N2/c1-5-21(14-16(4)13-20-15(2)3)19-12-8-10-17-9-6-7-11-18(17)19/h6-12,15-16,20H,5,13-14H2,1-4H3. The maximum atomic E-state index is 3.54. The minimum Gasteiger partial charge on any atom is -0.371 e. The first kappa shape index (κ1) is 15.8. The monoisotopic (exact) mass is 284 g/mol. The van der Waals surface area contributed by atoms with Crippen LogP contribution in [0.5, 0.6) is 0 Å². The molecule has 0 fully saturated rings. The zero-order valence-electron chi connectivity index (χ0n) is 13.8. The summed E-state index contributed by atoms with van der Waals surface area (Å²) < 4.78 is 0. The first-order valence-corrected chi connectivity index (χ1v) is 8.08. The van der Waals surface area contributed by atoms with Crippen LogP contribution in [0.3, 0.4) is 0 Å². The van der Waals surface area contributed by atoms with Crippen molar-refractivity contribution in [1.82, 2.24) is 5.32 Å². The molecule has 2 heteroatoms. The third-order valence-corrected chi connectivity index (χ3v) is 3.90. The molecule has 0 spiro atoms. The van der Waals surface area contributed by atoms with Crippen molar-refractivity contribution in [2.75, 3.05) is 24.5 Å². The Bertz CT molecular complexity index is 557. The van der Waals surface area contributed by atoms with Gasteiger partial charge in [0.25, 0.3) is 0 Å². The Balaban J connectivity index is 2.16. The molecule has 0 aliphatic heterocycles. The number of anilines is 1. The fraction of sp³-hybridized carbons (Fsp3) is 0.474. The second-order valence-electron chi connectivity index (χ2n) is 6.21. The summed E-state index contributed by atoms with van der Waals surface area (Å²) >= 11 is 0. The summed E-state index contributed by atoms with van der Waals surface area (Å²) in [5.41, 5.74) is 1.35.